The molecule has 1 atom stereocenters. The summed E-state index contributed by atoms with van der Waals surface area (Å²) in [7, 11) is 0. The molecule has 0 fully saturated rings. The standard InChI is InChI=1S/C26H22FN5O3.C22H17BrFN5O2.FH/c1-15-11-21(27)23(32(34)35)12-22(15)29-26-28-13-18(9-8-16(2)33)24(30-26)20-14-31-10-4-6-17-5-3-7-19(20)25(17)31;1-12-8-17(24)19(29(30)31)9-18(12)26-22-25-10-16(23)20(27-22)15-11-28-7-3-5-13-4-2-6-14(15)21(13)28;/h3,5,7,11-14,16,33H,4,6,10H2,1-2H3,(H,28,29,30);2,4,6,8-11H,3,5,7H2,1H3,(H,25,26,27);1H. The van der Waals surface area contributed by atoms with Gasteiger partial charge in [-0.25, -0.2) is 19.9 Å². The molecule has 4 aromatic carbocycles. The van der Waals surface area contributed by atoms with E-state index in [1.54, 1.807) is 33.2 Å². The zero-order valence-corrected chi connectivity index (χ0v) is 37.7. The number of nitrogens with zero attached hydrogens (tertiary/aromatic N) is 8. The number of aromatic nitrogens is 6. The van der Waals surface area contributed by atoms with Gasteiger partial charge < -0.3 is 24.9 Å². The van der Waals surface area contributed by atoms with Gasteiger partial charge in [-0.15, -0.1) is 0 Å². The van der Waals surface area contributed by atoms with Gasteiger partial charge >= 0.3 is 11.4 Å². The van der Waals surface area contributed by atoms with Crippen LogP contribution in [0.3, 0.4) is 0 Å². The Morgan fingerprint density at radius 1 is 0.761 bits per heavy atom. The Morgan fingerprint density at radius 2 is 1.24 bits per heavy atom. The number of nitrogens with one attached hydrogen (secondary N) is 2. The molecule has 67 heavy (non-hydrogen) atoms. The third-order valence-corrected chi connectivity index (χ3v) is 12.2. The van der Waals surface area contributed by atoms with Crippen molar-refractivity contribution in [1.82, 2.24) is 29.1 Å². The van der Waals surface area contributed by atoms with E-state index in [2.05, 4.69) is 99.1 Å². The average molecular weight is 974 g/mol. The zero-order chi connectivity index (χ0) is 46.4. The molecule has 340 valence electrons. The molecule has 0 saturated heterocycles. The van der Waals surface area contributed by atoms with Crippen LogP contribution >= 0.6 is 15.9 Å². The van der Waals surface area contributed by atoms with E-state index in [1.807, 2.05) is 12.1 Å². The molecule has 15 nitrogen and oxygen atoms in total. The predicted octanol–water partition coefficient (Wildman–Crippen LogP) is 10.9. The highest BCUT2D eigenvalue weighted by Gasteiger charge is 2.24. The van der Waals surface area contributed by atoms with Crippen LogP contribution in [0.4, 0.5) is 48.1 Å². The lowest BCUT2D eigenvalue weighted by Gasteiger charge is -2.14. The normalized spacial score (nSPS) is 12.9. The van der Waals surface area contributed by atoms with E-state index in [4.69, 9.17) is 4.98 Å². The molecule has 4 aromatic heterocycles. The molecule has 10 rings (SSSR count). The summed E-state index contributed by atoms with van der Waals surface area (Å²) < 4.78 is 33.1. The largest absolute Gasteiger partial charge is 0.381 e. The SMILES string of the molecule is Cc1cc(F)c([N+](=O)[O-])cc1Nc1ncc(Br)c(-c2cn3c4c(cccc24)CCC3)n1.Cc1cc(F)c([N+](=O)[O-])cc1Nc1ncc(C#CC(C)O)c(-c2cn3c4c(cccc24)CCC3)n1.F. The molecule has 2 aliphatic heterocycles. The number of anilines is 4. The van der Waals surface area contributed by atoms with E-state index in [1.165, 1.54) is 22.2 Å². The van der Waals surface area contributed by atoms with Crippen LogP contribution in [0.1, 0.15) is 47.6 Å². The van der Waals surface area contributed by atoms with Crippen LogP contribution in [0, 0.1) is 57.6 Å². The fraction of sp³-hybridized carbons (Fsp3) is 0.208. The number of nitro groups is 2. The number of halogens is 4. The number of aliphatic hydroxyl groups excluding tert-OH is 1. The van der Waals surface area contributed by atoms with Crippen LogP contribution < -0.4 is 10.6 Å². The highest BCUT2D eigenvalue weighted by molar-refractivity contribution is 9.10. The van der Waals surface area contributed by atoms with Crippen molar-refractivity contribution < 1.29 is 28.4 Å². The van der Waals surface area contributed by atoms with Crippen LogP contribution in [0.5, 0.6) is 0 Å². The number of aryl methyl sites for hydroxylation is 6. The van der Waals surface area contributed by atoms with Crippen molar-refractivity contribution in [2.24, 2.45) is 0 Å². The minimum atomic E-state index is -0.905. The Bertz CT molecular complexity index is 3360. The van der Waals surface area contributed by atoms with Gasteiger partial charge in [-0.05, 0) is 96.8 Å². The third-order valence-electron chi connectivity index (χ3n) is 11.6. The molecule has 0 radical (unpaired) electrons. The van der Waals surface area contributed by atoms with Gasteiger partial charge in [0.1, 0.15) is 6.10 Å². The number of benzene rings is 4. The van der Waals surface area contributed by atoms with E-state index in [-0.39, 0.29) is 16.6 Å². The van der Waals surface area contributed by atoms with E-state index in [0.717, 1.165) is 95.1 Å². The average Bonchev–Trinajstić information content (AvgIpc) is 3.86. The number of hydrogen-bond donors (Lipinski definition) is 3. The van der Waals surface area contributed by atoms with E-state index in [0.29, 0.717) is 33.8 Å². The summed E-state index contributed by atoms with van der Waals surface area (Å²) in [5, 5.41) is 40.2. The second kappa shape index (κ2) is 18.7. The highest BCUT2D eigenvalue weighted by Crippen LogP contribution is 2.39. The fourth-order valence-electron chi connectivity index (χ4n) is 8.54. The Balaban J connectivity index is 0.000000180. The molecule has 0 saturated carbocycles. The van der Waals surface area contributed by atoms with Gasteiger partial charge in [-0.2, -0.15) is 8.78 Å². The first-order valence-electron chi connectivity index (χ1n) is 21.0. The molecular formula is C48H40BrF3N10O5. The van der Waals surface area contributed by atoms with Crippen LogP contribution in [-0.2, 0) is 25.9 Å². The number of aliphatic hydroxyl groups is 1. The van der Waals surface area contributed by atoms with Crippen LogP contribution in [0.2, 0.25) is 0 Å². The lowest BCUT2D eigenvalue weighted by molar-refractivity contribution is -0.387. The van der Waals surface area contributed by atoms with E-state index < -0.39 is 39.0 Å². The molecule has 6 heterocycles. The molecular weight excluding hydrogens is 933 g/mol. The maximum atomic E-state index is 14.0. The summed E-state index contributed by atoms with van der Waals surface area (Å²) >= 11 is 3.56. The Hall–Kier alpha value is -7.69. The number of rotatable bonds is 8. The summed E-state index contributed by atoms with van der Waals surface area (Å²) in [6, 6.07) is 17.0. The molecule has 0 amide bonds. The van der Waals surface area contributed by atoms with Gasteiger partial charge in [0.15, 0.2) is 0 Å². The highest BCUT2D eigenvalue weighted by atomic mass is 79.9. The van der Waals surface area contributed by atoms with Crippen molar-refractivity contribution in [2.75, 3.05) is 10.6 Å². The molecule has 0 bridgehead atoms. The molecule has 0 spiro atoms. The fourth-order valence-corrected chi connectivity index (χ4v) is 8.94. The lowest BCUT2D eigenvalue weighted by atomic mass is 10.0. The van der Waals surface area contributed by atoms with E-state index in [9.17, 15) is 34.1 Å². The molecule has 3 N–H and O–H groups in total. The van der Waals surface area contributed by atoms with Crippen molar-refractivity contribution in [2.45, 2.75) is 65.6 Å². The van der Waals surface area contributed by atoms with Gasteiger partial charge in [-0.1, -0.05) is 48.2 Å². The van der Waals surface area contributed by atoms with Gasteiger partial charge in [0.05, 0.1) is 53.7 Å². The second-order valence-electron chi connectivity index (χ2n) is 16.1. The van der Waals surface area contributed by atoms with Crippen molar-refractivity contribution in [3.63, 3.8) is 0 Å². The quantitative estimate of drug-likeness (QED) is 0.0745. The first kappa shape index (κ1) is 45.9. The predicted molar refractivity (Wildman–Crippen MR) is 253 cm³/mol. The summed E-state index contributed by atoms with van der Waals surface area (Å²) in [4.78, 5) is 38.8. The Labute approximate surface area is 388 Å². The van der Waals surface area contributed by atoms with Gasteiger partial charge in [-0.3, -0.25) is 24.9 Å². The number of hydrogen-bond acceptors (Lipinski definition) is 11. The maximum Gasteiger partial charge on any atom is 0.306 e. The molecule has 19 heteroatoms. The summed E-state index contributed by atoms with van der Waals surface area (Å²) in [6.45, 7) is 6.74. The Kier molecular flexibility index (Phi) is 12.8. The topological polar surface area (TPSA) is 192 Å². The first-order valence-corrected chi connectivity index (χ1v) is 21.8. The molecule has 8 aromatic rings. The lowest BCUT2D eigenvalue weighted by Crippen LogP contribution is -2.05. The number of nitro benzene ring substituents is 2. The zero-order valence-electron chi connectivity index (χ0n) is 36.1. The van der Waals surface area contributed by atoms with Crippen molar-refractivity contribution in [3.8, 4) is 34.4 Å². The third kappa shape index (κ3) is 9.00. The van der Waals surface area contributed by atoms with Crippen LogP contribution in [0.15, 0.2) is 89.9 Å². The maximum absolute atomic E-state index is 14.0. The van der Waals surface area contributed by atoms with Crippen molar-refractivity contribution in [3.05, 3.63) is 150 Å². The van der Waals surface area contributed by atoms with Crippen LogP contribution in [-0.4, -0.2) is 50.1 Å². The van der Waals surface area contributed by atoms with Crippen molar-refractivity contribution >= 4 is 72.4 Å². The summed E-state index contributed by atoms with van der Waals surface area (Å²) in [5.74, 6) is 4.40. The second-order valence-corrected chi connectivity index (χ2v) is 17.0. The van der Waals surface area contributed by atoms with Crippen molar-refractivity contribution in [1.29, 1.82) is 0 Å². The summed E-state index contributed by atoms with van der Waals surface area (Å²) in [5.41, 5.74) is 9.17. The minimum Gasteiger partial charge on any atom is -0.381 e. The molecule has 1 unspecified atom stereocenters. The molecule has 2 aliphatic rings. The van der Waals surface area contributed by atoms with Gasteiger partial charge in [0, 0.05) is 71.9 Å². The summed E-state index contributed by atoms with van der Waals surface area (Å²) in [6.07, 6.45) is 10.8. The smallest absolute Gasteiger partial charge is 0.306 e. The van der Waals surface area contributed by atoms with Crippen LogP contribution in [0.25, 0.3) is 44.3 Å². The van der Waals surface area contributed by atoms with Gasteiger partial charge in [0.2, 0.25) is 23.5 Å². The first-order chi connectivity index (χ1) is 31.7. The van der Waals surface area contributed by atoms with Gasteiger partial charge in [0.25, 0.3) is 0 Å². The molecule has 0 aliphatic carbocycles. The van der Waals surface area contributed by atoms with E-state index >= 15 is 0 Å². The minimum absolute atomic E-state index is 0. The monoisotopic (exact) mass is 972 g/mol. The Morgan fingerprint density at radius 3 is 1.73 bits per heavy atom. The number of para-hydroxylation sites is 2.